The molecule has 1 aromatic carbocycles. The van der Waals surface area contributed by atoms with E-state index in [2.05, 4.69) is 4.74 Å². The maximum absolute atomic E-state index is 12.1. The monoisotopic (exact) mass is 286 g/mol. The van der Waals surface area contributed by atoms with Crippen LogP contribution in [-0.2, 0) is 25.0 Å². The van der Waals surface area contributed by atoms with Crippen LogP contribution in [0.3, 0.4) is 0 Å². The van der Waals surface area contributed by atoms with E-state index in [0.717, 1.165) is 5.56 Å². The van der Waals surface area contributed by atoms with Gasteiger partial charge in [0.15, 0.2) is 0 Å². The summed E-state index contributed by atoms with van der Waals surface area (Å²) in [5, 5.41) is 0. The van der Waals surface area contributed by atoms with Gasteiger partial charge in [-0.05, 0) is 24.6 Å². The molecule has 0 spiro atoms. The molecule has 0 aliphatic rings. The molecule has 106 valence electrons. The molecule has 0 aromatic heterocycles. The predicted octanol–water partition coefficient (Wildman–Crippen LogP) is 3.24. The summed E-state index contributed by atoms with van der Waals surface area (Å²) in [5.41, 5.74) is 1.29. The molecule has 1 aromatic rings. The lowest BCUT2D eigenvalue weighted by Gasteiger charge is -2.16. The van der Waals surface area contributed by atoms with Crippen molar-refractivity contribution in [2.24, 2.45) is 0 Å². The highest BCUT2D eigenvalue weighted by atomic mass is 31.2. The van der Waals surface area contributed by atoms with Crippen LogP contribution in [0.15, 0.2) is 24.3 Å². The lowest BCUT2D eigenvalue weighted by Crippen LogP contribution is -2.02. The van der Waals surface area contributed by atoms with E-state index >= 15 is 0 Å². The van der Waals surface area contributed by atoms with Crippen LogP contribution in [0.25, 0.3) is 0 Å². The van der Waals surface area contributed by atoms with Gasteiger partial charge in [-0.1, -0.05) is 19.1 Å². The molecular formula is C13H19O5P. The van der Waals surface area contributed by atoms with Crippen molar-refractivity contribution in [2.75, 3.05) is 19.9 Å². The van der Waals surface area contributed by atoms with Crippen LogP contribution < -0.4 is 0 Å². The first-order valence-corrected chi connectivity index (χ1v) is 7.82. The molecule has 1 atom stereocenters. The highest BCUT2D eigenvalue weighted by molar-refractivity contribution is 7.53. The van der Waals surface area contributed by atoms with Crippen molar-refractivity contribution < 1.29 is 23.1 Å². The number of methoxy groups -OCH3 is 1. The second-order valence-corrected chi connectivity index (χ2v) is 6.18. The van der Waals surface area contributed by atoms with Crippen LogP contribution in [0.2, 0.25) is 0 Å². The molecule has 0 aliphatic heterocycles. The molecule has 0 heterocycles. The zero-order chi connectivity index (χ0) is 14.3. The van der Waals surface area contributed by atoms with Gasteiger partial charge in [-0.3, -0.25) is 4.57 Å². The van der Waals surface area contributed by atoms with Crippen LogP contribution in [-0.4, -0.2) is 25.8 Å². The van der Waals surface area contributed by atoms with Crippen LogP contribution in [0, 0.1) is 0 Å². The summed E-state index contributed by atoms with van der Waals surface area (Å²) in [6, 6.07) is 6.75. The van der Waals surface area contributed by atoms with Gasteiger partial charge in [0.2, 0.25) is 0 Å². The van der Waals surface area contributed by atoms with Gasteiger partial charge in [-0.25, -0.2) is 4.79 Å². The largest absolute Gasteiger partial charge is 0.465 e. The summed E-state index contributed by atoms with van der Waals surface area (Å²) in [4.78, 5) is 11.3. The molecule has 6 heteroatoms. The molecule has 19 heavy (non-hydrogen) atoms. The minimum atomic E-state index is -2.99. The summed E-state index contributed by atoms with van der Waals surface area (Å²) >= 11 is 0. The van der Waals surface area contributed by atoms with Crippen LogP contribution in [0.5, 0.6) is 0 Å². The highest BCUT2D eigenvalue weighted by Gasteiger charge is 2.20. The number of esters is 1. The predicted molar refractivity (Wildman–Crippen MR) is 72.3 cm³/mol. The standard InChI is InChI=1S/C13H19O5P/c1-4-17-19(15,5-2)18-10-11-6-8-12(9-7-11)13(14)16-3/h6-9H,4-5,10H2,1-3H3. The molecule has 1 unspecified atom stereocenters. The Kier molecular flexibility index (Phi) is 6.22. The van der Waals surface area contributed by atoms with Crippen molar-refractivity contribution >= 4 is 13.6 Å². The van der Waals surface area contributed by atoms with Gasteiger partial charge in [0, 0.05) is 6.16 Å². The Bertz CT molecular complexity index is 455. The number of carbonyl (C=O) groups is 1. The fraction of sp³-hybridized carbons (Fsp3) is 0.462. The summed E-state index contributed by atoms with van der Waals surface area (Å²) < 4.78 is 27.2. The van der Waals surface area contributed by atoms with Gasteiger partial charge in [0.05, 0.1) is 25.9 Å². The van der Waals surface area contributed by atoms with Gasteiger partial charge in [-0.2, -0.15) is 0 Å². The summed E-state index contributed by atoms with van der Waals surface area (Å²) in [5.74, 6) is -0.388. The average Bonchev–Trinajstić information content (AvgIpc) is 2.45. The third kappa shape index (κ3) is 4.78. The van der Waals surface area contributed by atoms with Gasteiger partial charge >= 0.3 is 13.6 Å². The number of hydrogen-bond donors (Lipinski definition) is 0. The van der Waals surface area contributed by atoms with E-state index < -0.39 is 7.60 Å². The van der Waals surface area contributed by atoms with Crippen molar-refractivity contribution in [3.8, 4) is 0 Å². The first-order chi connectivity index (χ1) is 9.04. The molecule has 0 N–H and O–H groups in total. The van der Waals surface area contributed by atoms with E-state index in [9.17, 15) is 9.36 Å². The Balaban J connectivity index is 2.63. The second-order valence-electron chi connectivity index (χ2n) is 3.81. The maximum atomic E-state index is 12.1. The lowest BCUT2D eigenvalue weighted by molar-refractivity contribution is 0.0600. The fourth-order valence-corrected chi connectivity index (χ4v) is 2.62. The molecule has 0 bridgehead atoms. The summed E-state index contributed by atoms with van der Waals surface area (Å²) in [6.07, 6.45) is 0.334. The normalized spacial score (nSPS) is 13.8. The minimum Gasteiger partial charge on any atom is -0.465 e. The Labute approximate surface area is 113 Å². The number of ether oxygens (including phenoxy) is 1. The quantitative estimate of drug-likeness (QED) is 0.569. The zero-order valence-corrected chi connectivity index (χ0v) is 12.3. The van der Waals surface area contributed by atoms with E-state index in [0.29, 0.717) is 18.3 Å². The smallest absolute Gasteiger partial charge is 0.337 e. The van der Waals surface area contributed by atoms with Crippen molar-refractivity contribution in [1.82, 2.24) is 0 Å². The van der Waals surface area contributed by atoms with E-state index in [1.807, 2.05) is 0 Å². The van der Waals surface area contributed by atoms with E-state index in [1.165, 1.54) is 7.11 Å². The highest BCUT2D eigenvalue weighted by Crippen LogP contribution is 2.48. The lowest BCUT2D eigenvalue weighted by atomic mass is 10.1. The second kappa shape index (κ2) is 7.43. The van der Waals surface area contributed by atoms with E-state index in [4.69, 9.17) is 9.05 Å². The Hall–Kier alpha value is -1.16. The molecule has 1 rings (SSSR count). The first kappa shape index (κ1) is 15.9. The molecule has 0 saturated heterocycles. The Morgan fingerprint density at radius 1 is 1.16 bits per heavy atom. The summed E-state index contributed by atoms with van der Waals surface area (Å²) in [6.45, 7) is 4.08. The molecule has 0 aliphatic carbocycles. The molecule has 0 fully saturated rings. The first-order valence-electron chi connectivity index (χ1n) is 6.10. The van der Waals surface area contributed by atoms with Crippen molar-refractivity contribution in [3.63, 3.8) is 0 Å². The van der Waals surface area contributed by atoms with Gasteiger partial charge in [0.1, 0.15) is 0 Å². The fourth-order valence-electron chi connectivity index (χ4n) is 1.44. The average molecular weight is 286 g/mol. The Morgan fingerprint density at radius 3 is 2.26 bits per heavy atom. The summed E-state index contributed by atoms with van der Waals surface area (Å²) in [7, 11) is -1.66. The molecule has 0 saturated carbocycles. The van der Waals surface area contributed by atoms with Crippen molar-refractivity contribution in [3.05, 3.63) is 35.4 Å². The number of rotatable bonds is 7. The van der Waals surface area contributed by atoms with Crippen molar-refractivity contribution in [2.45, 2.75) is 20.5 Å². The van der Waals surface area contributed by atoms with Gasteiger partial charge in [0.25, 0.3) is 0 Å². The molecular weight excluding hydrogens is 267 g/mol. The minimum absolute atomic E-state index is 0.187. The third-order valence-electron chi connectivity index (χ3n) is 2.52. The third-order valence-corrected chi connectivity index (χ3v) is 4.46. The Morgan fingerprint density at radius 2 is 1.79 bits per heavy atom. The molecule has 0 radical (unpaired) electrons. The zero-order valence-electron chi connectivity index (χ0n) is 11.4. The number of hydrogen-bond acceptors (Lipinski definition) is 5. The van der Waals surface area contributed by atoms with E-state index in [1.54, 1.807) is 38.1 Å². The van der Waals surface area contributed by atoms with Gasteiger partial charge < -0.3 is 13.8 Å². The van der Waals surface area contributed by atoms with Crippen LogP contribution in [0.4, 0.5) is 0 Å². The molecule has 0 amide bonds. The SMILES string of the molecule is CCOP(=O)(CC)OCc1ccc(C(=O)OC)cc1. The van der Waals surface area contributed by atoms with Gasteiger partial charge in [-0.15, -0.1) is 0 Å². The molecule has 5 nitrogen and oxygen atoms in total. The maximum Gasteiger partial charge on any atom is 0.337 e. The number of carbonyl (C=O) groups excluding carboxylic acids is 1. The van der Waals surface area contributed by atoms with Crippen LogP contribution in [0.1, 0.15) is 29.8 Å². The number of benzene rings is 1. The van der Waals surface area contributed by atoms with Crippen LogP contribution >= 0.6 is 7.60 Å². The topological polar surface area (TPSA) is 61.8 Å². The van der Waals surface area contributed by atoms with E-state index in [-0.39, 0.29) is 12.6 Å². The van der Waals surface area contributed by atoms with Crippen molar-refractivity contribution in [1.29, 1.82) is 0 Å².